The molecule has 0 fully saturated rings. The number of hydrogen-bond donors (Lipinski definition) is 1. The fourth-order valence-corrected chi connectivity index (χ4v) is 6.56. The summed E-state index contributed by atoms with van der Waals surface area (Å²) in [5.41, 5.74) is 7.53. The van der Waals surface area contributed by atoms with E-state index in [4.69, 9.17) is 0 Å². The lowest BCUT2D eigenvalue weighted by Gasteiger charge is -2.36. The summed E-state index contributed by atoms with van der Waals surface area (Å²) in [5.74, 6) is 0. The average molecular weight is 417 g/mol. The van der Waals surface area contributed by atoms with E-state index in [2.05, 4.69) is 55.6 Å². The summed E-state index contributed by atoms with van der Waals surface area (Å²) >= 11 is 1.95. The smallest absolute Gasteiger partial charge is 0.312 e. The SMILES string of the molecule is Cc1ccc(NC(=O)N2CCc3c(sc4c3CCCC4)[C@H]2c2ccccc2)c(C)c1. The van der Waals surface area contributed by atoms with E-state index in [1.807, 2.05) is 28.4 Å². The van der Waals surface area contributed by atoms with Gasteiger partial charge in [-0.2, -0.15) is 0 Å². The first-order valence-corrected chi connectivity index (χ1v) is 11.8. The molecule has 2 amide bonds. The van der Waals surface area contributed by atoms with Gasteiger partial charge in [0.1, 0.15) is 0 Å². The Morgan fingerprint density at radius 3 is 2.60 bits per heavy atom. The molecule has 2 aromatic carbocycles. The molecule has 0 saturated carbocycles. The van der Waals surface area contributed by atoms with Gasteiger partial charge >= 0.3 is 6.03 Å². The number of aryl methyl sites for hydroxylation is 3. The first-order chi connectivity index (χ1) is 14.6. The van der Waals surface area contributed by atoms with E-state index in [1.165, 1.54) is 47.3 Å². The number of rotatable bonds is 2. The Morgan fingerprint density at radius 1 is 1.00 bits per heavy atom. The van der Waals surface area contributed by atoms with Gasteiger partial charge in [0.05, 0.1) is 6.04 Å². The minimum absolute atomic E-state index is 0.00342. The summed E-state index contributed by atoms with van der Waals surface area (Å²) < 4.78 is 0. The number of nitrogens with one attached hydrogen (secondary N) is 1. The summed E-state index contributed by atoms with van der Waals surface area (Å²) in [5, 5.41) is 3.19. The molecule has 4 heteroatoms. The van der Waals surface area contributed by atoms with E-state index < -0.39 is 0 Å². The number of amides is 2. The lowest BCUT2D eigenvalue weighted by atomic mass is 9.88. The second-order valence-corrected chi connectivity index (χ2v) is 9.70. The van der Waals surface area contributed by atoms with Gasteiger partial charge in [0, 0.05) is 22.0 Å². The predicted octanol–water partition coefficient (Wildman–Crippen LogP) is 6.42. The molecule has 1 N–H and O–H groups in total. The van der Waals surface area contributed by atoms with Crippen LogP contribution in [0.2, 0.25) is 0 Å². The van der Waals surface area contributed by atoms with Crippen LogP contribution in [0.5, 0.6) is 0 Å². The van der Waals surface area contributed by atoms with Gasteiger partial charge in [-0.15, -0.1) is 11.3 Å². The van der Waals surface area contributed by atoms with Crippen LogP contribution in [0.4, 0.5) is 10.5 Å². The molecule has 1 aliphatic heterocycles. The number of hydrogen-bond acceptors (Lipinski definition) is 2. The molecule has 3 nitrogen and oxygen atoms in total. The molecule has 3 aromatic rings. The predicted molar refractivity (Wildman–Crippen MR) is 125 cm³/mol. The number of nitrogens with zero attached hydrogens (tertiary/aromatic N) is 1. The molecule has 1 atom stereocenters. The van der Waals surface area contributed by atoms with Crippen molar-refractivity contribution in [3.05, 3.63) is 86.1 Å². The zero-order chi connectivity index (χ0) is 20.7. The zero-order valence-electron chi connectivity index (χ0n) is 17.7. The third-order valence-electron chi connectivity index (χ3n) is 6.47. The fraction of sp³-hybridized carbons (Fsp3) is 0.346. The molecule has 2 aliphatic rings. The van der Waals surface area contributed by atoms with Crippen LogP contribution in [0.25, 0.3) is 0 Å². The molecule has 0 bridgehead atoms. The summed E-state index contributed by atoms with van der Waals surface area (Å²) in [6.45, 7) is 4.89. The quantitative estimate of drug-likeness (QED) is 0.513. The van der Waals surface area contributed by atoms with Crippen LogP contribution in [0.15, 0.2) is 48.5 Å². The minimum atomic E-state index is -0.00664. The molecule has 154 valence electrons. The van der Waals surface area contributed by atoms with Gasteiger partial charge in [-0.1, -0.05) is 48.0 Å². The molecule has 30 heavy (non-hydrogen) atoms. The summed E-state index contributed by atoms with van der Waals surface area (Å²) in [6.07, 6.45) is 5.95. The Morgan fingerprint density at radius 2 is 1.80 bits per heavy atom. The van der Waals surface area contributed by atoms with Gasteiger partial charge in [0.15, 0.2) is 0 Å². The largest absolute Gasteiger partial charge is 0.322 e. The maximum absolute atomic E-state index is 13.5. The van der Waals surface area contributed by atoms with Crippen LogP contribution in [0.3, 0.4) is 0 Å². The van der Waals surface area contributed by atoms with Gasteiger partial charge in [0.2, 0.25) is 0 Å². The van der Waals surface area contributed by atoms with Crippen molar-refractivity contribution >= 4 is 23.1 Å². The Balaban J connectivity index is 1.53. The molecule has 0 saturated heterocycles. The van der Waals surface area contributed by atoms with Crippen molar-refractivity contribution in [1.82, 2.24) is 4.90 Å². The van der Waals surface area contributed by atoms with Crippen LogP contribution in [-0.2, 0) is 19.3 Å². The molecule has 2 heterocycles. The maximum Gasteiger partial charge on any atom is 0.322 e. The number of anilines is 1. The molecular weight excluding hydrogens is 388 g/mol. The van der Waals surface area contributed by atoms with Crippen LogP contribution >= 0.6 is 11.3 Å². The Hall–Kier alpha value is -2.59. The zero-order valence-corrected chi connectivity index (χ0v) is 18.5. The van der Waals surface area contributed by atoms with Crippen molar-refractivity contribution in [2.45, 2.75) is 52.0 Å². The number of benzene rings is 2. The van der Waals surface area contributed by atoms with Gasteiger partial charge in [0.25, 0.3) is 0 Å². The van der Waals surface area contributed by atoms with Crippen molar-refractivity contribution in [3.63, 3.8) is 0 Å². The highest BCUT2D eigenvalue weighted by molar-refractivity contribution is 7.12. The summed E-state index contributed by atoms with van der Waals surface area (Å²) in [6, 6.07) is 16.7. The fourth-order valence-electron chi connectivity index (χ4n) is 4.98. The van der Waals surface area contributed by atoms with E-state index in [9.17, 15) is 4.79 Å². The van der Waals surface area contributed by atoms with E-state index in [0.29, 0.717) is 0 Å². The van der Waals surface area contributed by atoms with Crippen LogP contribution < -0.4 is 5.32 Å². The maximum atomic E-state index is 13.5. The van der Waals surface area contributed by atoms with Gasteiger partial charge < -0.3 is 10.2 Å². The summed E-state index contributed by atoms with van der Waals surface area (Å²) in [4.78, 5) is 18.4. The van der Waals surface area contributed by atoms with E-state index in [1.54, 1.807) is 10.4 Å². The monoisotopic (exact) mass is 416 g/mol. The molecule has 0 unspecified atom stereocenters. The molecule has 1 aliphatic carbocycles. The third kappa shape index (κ3) is 3.43. The van der Waals surface area contributed by atoms with Gasteiger partial charge in [-0.05, 0) is 74.3 Å². The standard InChI is InChI=1S/C26H28N2OS/c1-17-12-13-22(18(2)16-17)27-26(29)28-15-14-21-20-10-6-7-11-23(20)30-25(21)24(28)19-8-4-3-5-9-19/h3-5,8-9,12-13,16,24H,6-7,10-11,14-15H2,1-2H3,(H,27,29)/t24-/m1/s1. The Kier molecular flexibility index (Phi) is 5.11. The van der Waals surface area contributed by atoms with E-state index >= 15 is 0 Å². The lowest BCUT2D eigenvalue weighted by Crippen LogP contribution is -2.42. The minimum Gasteiger partial charge on any atom is -0.312 e. The molecule has 0 spiro atoms. The second-order valence-electron chi connectivity index (χ2n) is 8.56. The molecule has 0 radical (unpaired) electrons. The lowest BCUT2D eigenvalue weighted by molar-refractivity contribution is 0.195. The van der Waals surface area contributed by atoms with Crippen LogP contribution in [0.1, 0.15) is 56.5 Å². The first kappa shape index (κ1) is 19.4. The highest BCUT2D eigenvalue weighted by Crippen LogP contribution is 2.45. The van der Waals surface area contributed by atoms with Gasteiger partial charge in [-0.3, -0.25) is 0 Å². The van der Waals surface area contributed by atoms with Crippen molar-refractivity contribution in [2.75, 3.05) is 11.9 Å². The summed E-state index contributed by atoms with van der Waals surface area (Å²) in [7, 11) is 0. The number of thiophene rings is 1. The molecule has 5 rings (SSSR count). The molecular formula is C26H28N2OS. The first-order valence-electron chi connectivity index (χ1n) is 10.9. The van der Waals surface area contributed by atoms with E-state index in [0.717, 1.165) is 24.2 Å². The van der Waals surface area contributed by atoms with Crippen LogP contribution in [-0.4, -0.2) is 17.5 Å². The number of carbonyl (C=O) groups is 1. The van der Waals surface area contributed by atoms with Crippen molar-refractivity contribution in [1.29, 1.82) is 0 Å². The third-order valence-corrected chi connectivity index (χ3v) is 7.86. The number of urea groups is 1. The topological polar surface area (TPSA) is 32.3 Å². The molecule has 1 aromatic heterocycles. The highest BCUT2D eigenvalue weighted by Gasteiger charge is 2.36. The highest BCUT2D eigenvalue weighted by atomic mass is 32.1. The average Bonchev–Trinajstić information content (AvgIpc) is 3.14. The van der Waals surface area contributed by atoms with E-state index in [-0.39, 0.29) is 12.1 Å². The Bertz CT molecular complexity index is 1090. The number of fused-ring (bicyclic) bond motifs is 3. The normalized spacial score (nSPS) is 17.9. The van der Waals surface area contributed by atoms with Crippen LogP contribution in [0, 0.1) is 13.8 Å². The van der Waals surface area contributed by atoms with Crippen molar-refractivity contribution in [3.8, 4) is 0 Å². The van der Waals surface area contributed by atoms with Crippen molar-refractivity contribution in [2.24, 2.45) is 0 Å². The number of carbonyl (C=O) groups excluding carboxylic acids is 1. The van der Waals surface area contributed by atoms with Crippen molar-refractivity contribution < 1.29 is 4.79 Å². The second kappa shape index (κ2) is 7.92. The van der Waals surface area contributed by atoms with Gasteiger partial charge in [-0.25, -0.2) is 4.79 Å². The Labute approximate surface area is 182 Å².